The van der Waals surface area contributed by atoms with Gasteiger partial charge in [-0.05, 0) is 19.0 Å². The number of hydrogen-bond acceptors (Lipinski definition) is 4. The number of rotatable bonds is 4. The molecule has 0 aromatic heterocycles. The summed E-state index contributed by atoms with van der Waals surface area (Å²) in [5.74, 6) is -0.0163. The van der Waals surface area contributed by atoms with E-state index in [0.717, 1.165) is 13.0 Å². The molecule has 0 bridgehead atoms. The molecule has 1 aromatic rings. The van der Waals surface area contributed by atoms with Crippen LogP contribution >= 0.6 is 0 Å². The molecule has 1 aliphatic heterocycles. The van der Waals surface area contributed by atoms with Crippen LogP contribution in [0.25, 0.3) is 0 Å². The number of nitro groups is 1. The first-order valence-corrected chi connectivity index (χ1v) is 5.92. The average molecular weight is 249 g/mol. The summed E-state index contributed by atoms with van der Waals surface area (Å²) in [5, 5.41) is 13.8. The molecule has 18 heavy (non-hydrogen) atoms. The van der Waals surface area contributed by atoms with Crippen molar-refractivity contribution in [1.82, 2.24) is 5.32 Å². The van der Waals surface area contributed by atoms with Gasteiger partial charge >= 0.3 is 0 Å². The molecular weight excluding hydrogens is 234 g/mol. The maximum Gasteiger partial charge on any atom is 0.271 e. The summed E-state index contributed by atoms with van der Waals surface area (Å²) in [6.45, 7) is 3.28. The quantitative estimate of drug-likeness (QED) is 0.644. The van der Waals surface area contributed by atoms with E-state index in [2.05, 4.69) is 5.32 Å². The zero-order valence-electron chi connectivity index (χ0n) is 10.1. The second-order valence-electron chi connectivity index (χ2n) is 4.17. The van der Waals surface area contributed by atoms with Gasteiger partial charge in [-0.2, -0.15) is 0 Å². The fraction of sp³-hybridized carbons (Fsp3) is 0.417. The lowest BCUT2D eigenvalue weighted by Crippen LogP contribution is -2.38. The molecule has 1 N–H and O–H groups in total. The van der Waals surface area contributed by atoms with Crippen LogP contribution in [0, 0.1) is 10.1 Å². The van der Waals surface area contributed by atoms with Gasteiger partial charge in [-0.1, -0.05) is 13.0 Å². The number of likely N-dealkylation sites (N-methyl/N-ethyl adjacent to an activating group) is 1. The van der Waals surface area contributed by atoms with E-state index in [-0.39, 0.29) is 17.6 Å². The Morgan fingerprint density at radius 1 is 1.56 bits per heavy atom. The number of carbonyl (C=O) groups is 1. The maximum atomic E-state index is 12.1. The topological polar surface area (TPSA) is 75.5 Å². The van der Waals surface area contributed by atoms with E-state index < -0.39 is 4.92 Å². The van der Waals surface area contributed by atoms with Crippen molar-refractivity contribution in [2.24, 2.45) is 0 Å². The molecule has 0 aliphatic carbocycles. The van der Waals surface area contributed by atoms with Crippen LogP contribution in [0.15, 0.2) is 24.3 Å². The Morgan fingerprint density at radius 3 is 3.00 bits per heavy atom. The highest BCUT2D eigenvalue weighted by atomic mass is 16.6. The highest BCUT2D eigenvalue weighted by Crippen LogP contribution is 2.25. The van der Waals surface area contributed by atoms with Crippen molar-refractivity contribution >= 4 is 17.3 Å². The van der Waals surface area contributed by atoms with Crippen LogP contribution in [0.4, 0.5) is 11.4 Å². The van der Waals surface area contributed by atoms with E-state index in [4.69, 9.17) is 0 Å². The number of non-ortho nitro benzene ring substituents is 1. The molecule has 1 unspecified atom stereocenters. The normalized spacial score (nSPS) is 19.3. The lowest BCUT2D eigenvalue weighted by atomic mass is 10.2. The van der Waals surface area contributed by atoms with Crippen LogP contribution in [0.1, 0.15) is 13.3 Å². The number of nitro benzene ring substituents is 1. The minimum Gasteiger partial charge on any atom is -0.311 e. The molecule has 6 nitrogen and oxygen atoms in total. The summed E-state index contributed by atoms with van der Waals surface area (Å²) >= 11 is 0. The second-order valence-corrected chi connectivity index (χ2v) is 4.17. The van der Waals surface area contributed by atoms with Gasteiger partial charge in [0, 0.05) is 18.7 Å². The van der Waals surface area contributed by atoms with Gasteiger partial charge in [-0.15, -0.1) is 0 Å². The summed E-state index contributed by atoms with van der Waals surface area (Å²) < 4.78 is 0. The molecule has 0 saturated carbocycles. The molecule has 6 heteroatoms. The molecular formula is C12H15N3O3. The summed E-state index contributed by atoms with van der Waals surface area (Å²) in [6, 6.07) is 6.01. The molecule has 1 aromatic carbocycles. The Labute approximate surface area is 105 Å². The fourth-order valence-electron chi connectivity index (χ4n) is 2.15. The van der Waals surface area contributed by atoms with E-state index >= 15 is 0 Å². The van der Waals surface area contributed by atoms with Crippen molar-refractivity contribution < 1.29 is 9.72 Å². The predicted octanol–water partition coefficient (Wildman–Crippen LogP) is 1.31. The van der Waals surface area contributed by atoms with Gasteiger partial charge in [0.1, 0.15) is 0 Å². The Kier molecular flexibility index (Phi) is 3.57. The molecule has 1 amide bonds. The number of hydrogen-bond donors (Lipinski definition) is 1. The van der Waals surface area contributed by atoms with Gasteiger partial charge in [0.2, 0.25) is 5.91 Å². The van der Waals surface area contributed by atoms with Gasteiger partial charge < -0.3 is 10.2 Å². The van der Waals surface area contributed by atoms with Crippen molar-refractivity contribution in [3.05, 3.63) is 34.4 Å². The molecule has 1 saturated heterocycles. The van der Waals surface area contributed by atoms with Crippen molar-refractivity contribution in [1.29, 1.82) is 0 Å². The Bertz CT molecular complexity index is 475. The first-order chi connectivity index (χ1) is 8.63. The number of nitrogens with one attached hydrogen (secondary N) is 1. The highest BCUT2D eigenvalue weighted by Gasteiger charge is 2.32. The number of amides is 1. The molecule has 1 heterocycles. The molecule has 0 spiro atoms. The molecule has 0 radical (unpaired) electrons. The van der Waals surface area contributed by atoms with Gasteiger partial charge in [-0.25, -0.2) is 0 Å². The Hall–Kier alpha value is -1.95. The summed E-state index contributed by atoms with van der Waals surface area (Å²) in [7, 11) is 0. The van der Waals surface area contributed by atoms with Crippen molar-refractivity contribution in [2.45, 2.75) is 19.4 Å². The Morgan fingerprint density at radius 2 is 2.33 bits per heavy atom. The number of carbonyl (C=O) groups excluding carboxylic acids is 1. The number of benzene rings is 1. The van der Waals surface area contributed by atoms with Crippen molar-refractivity contribution in [3.8, 4) is 0 Å². The van der Waals surface area contributed by atoms with Crippen LogP contribution in [-0.4, -0.2) is 30.0 Å². The number of nitrogens with zero attached hydrogens (tertiary/aromatic N) is 2. The van der Waals surface area contributed by atoms with E-state index in [1.54, 1.807) is 17.0 Å². The molecule has 96 valence electrons. The summed E-state index contributed by atoms with van der Waals surface area (Å²) in [4.78, 5) is 23.9. The Balaban J connectivity index is 2.20. The van der Waals surface area contributed by atoms with Gasteiger partial charge in [0.05, 0.1) is 16.7 Å². The van der Waals surface area contributed by atoms with E-state index in [1.165, 1.54) is 12.1 Å². The summed E-state index contributed by atoms with van der Waals surface area (Å²) in [6.07, 6.45) is 0.732. The van der Waals surface area contributed by atoms with Crippen LogP contribution in [-0.2, 0) is 4.79 Å². The predicted molar refractivity (Wildman–Crippen MR) is 67.5 cm³/mol. The SMILES string of the molecule is CCNC1CCN(c2cccc([N+](=O)[O-])c2)C1=O. The van der Waals surface area contributed by atoms with E-state index in [0.29, 0.717) is 12.2 Å². The second kappa shape index (κ2) is 5.14. The average Bonchev–Trinajstić information content (AvgIpc) is 2.72. The van der Waals surface area contributed by atoms with Gasteiger partial charge in [-0.3, -0.25) is 14.9 Å². The van der Waals surface area contributed by atoms with Gasteiger partial charge in [0.15, 0.2) is 0 Å². The van der Waals surface area contributed by atoms with Crippen molar-refractivity contribution in [3.63, 3.8) is 0 Å². The van der Waals surface area contributed by atoms with Crippen molar-refractivity contribution in [2.75, 3.05) is 18.0 Å². The molecule has 2 rings (SSSR count). The molecule has 1 atom stereocenters. The first kappa shape index (κ1) is 12.5. The van der Waals surface area contributed by atoms with Crippen LogP contribution < -0.4 is 10.2 Å². The number of anilines is 1. The standard InChI is InChI=1S/C12H15N3O3/c1-2-13-11-6-7-14(12(11)16)9-4-3-5-10(8-9)15(17)18/h3-5,8,11,13H,2,6-7H2,1H3. The summed E-state index contributed by atoms with van der Waals surface area (Å²) in [5.41, 5.74) is 0.599. The fourth-order valence-corrected chi connectivity index (χ4v) is 2.15. The monoisotopic (exact) mass is 249 g/mol. The van der Waals surface area contributed by atoms with E-state index in [1.807, 2.05) is 6.92 Å². The molecule has 1 aliphatic rings. The third kappa shape index (κ3) is 2.33. The lowest BCUT2D eigenvalue weighted by molar-refractivity contribution is -0.384. The van der Waals surface area contributed by atoms with Crippen LogP contribution in [0.3, 0.4) is 0 Å². The zero-order valence-corrected chi connectivity index (χ0v) is 10.1. The van der Waals surface area contributed by atoms with E-state index in [9.17, 15) is 14.9 Å². The highest BCUT2D eigenvalue weighted by molar-refractivity contribution is 5.99. The van der Waals surface area contributed by atoms with Gasteiger partial charge in [0.25, 0.3) is 5.69 Å². The minimum atomic E-state index is -0.453. The largest absolute Gasteiger partial charge is 0.311 e. The third-order valence-corrected chi connectivity index (χ3v) is 3.01. The first-order valence-electron chi connectivity index (χ1n) is 5.92. The van der Waals surface area contributed by atoms with Crippen LogP contribution in [0.2, 0.25) is 0 Å². The lowest BCUT2D eigenvalue weighted by Gasteiger charge is -2.16. The maximum absolute atomic E-state index is 12.1. The smallest absolute Gasteiger partial charge is 0.271 e. The third-order valence-electron chi connectivity index (χ3n) is 3.01. The minimum absolute atomic E-state index is 0.00667. The van der Waals surface area contributed by atoms with Crippen LogP contribution in [0.5, 0.6) is 0 Å². The zero-order chi connectivity index (χ0) is 13.1. The molecule has 1 fully saturated rings.